The number of methoxy groups -OCH3 is 1. The lowest BCUT2D eigenvalue weighted by molar-refractivity contribution is -0.137. The first-order chi connectivity index (χ1) is 10.5. The van der Waals surface area contributed by atoms with Crippen molar-refractivity contribution >= 4 is 0 Å². The van der Waals surface area contributed by atoms with Gasteiger partial charge in [-0.2, -0.15) is 13.2 Å². The van der Waals surface area contributed by atoms with Crippen molar-refractivity contribution in [1.29, 1.82) is 0 Å². The minimum absolute atomic E-state index is 0.358. The second-order valence-corrected chi connectivity index (χ2v) is 4.77. The van der Waals surface area contributed by atoms with Gasteiger partial charge < -0.3 is 9.47 Å². The third-order valence-corrected chi connectivity index (χ3v) is 3.22. The Balaban J connectivity index is 2.25. The molecule has 0 aliphatic carbocycles. The molecule has 0 radical (unpaired) electrons. The van der Waals surface area contributed by atoms with Crippen LogP contribution in [0.4, 0.5) is 13.2 Å². The first-order valence-corrected chi connectivity index (χ1v) is 6.85. The minimum atomic E-state index is -4.34. The molecular weight excluding hydrogens is 293 g/mol. The normalized spacial score (nSPS) is 13.1. The molecule has 5 heteroatoms. The van der Waals surface area contributed by atoms with Crippen molar-refractivity contribution in [1.82, 2.24) is 0 Å². The summed E-state index contributed by atoms with van der Waals surface area (Å²) in [4.78, 5) is 0. The SMILES string of the molecule is COCCO[C@@H](c1ccccc1)c1ccc(C(F)(F)F)cc1. The smallest absolute Gasteiger partial charge is 0.382 e. The van der Waals surface area contributed by atoms with Crippen molar-refractivity contribution < 1.29 is 22.6 Å². The molecule has 118 valence electrons. The van der Waals surface area contributed by atoms with Gasteiger partial charge in [-0.1, -0.05) is 42.5 Å². The molecule has 0 unspecified atom stereocenters. The van der Waals surface area contributed by atoms with E-state index in [9.17, 15) is 13.2 Å². The first-order valence-electron chi connectivity index (χ1n) is 6.85. The molecule has 2 rings (SSSR count). The van der Waals surface area contributed by atoms with E-state index in [-0.39, 0.29) is 0 Å². The van der Waals surface area contributed by atoms with Crippen LogP contribution in [0.2, 0.25) is 0 Å². The molecule has 0 fully saturated rings. The summed E-state index contributed by atoms with van der Waals surface area (Å²) in [6.07, 6.45) is -4.75. The topological polar surface area (TPSA) is 18.5 Å². The Labute approximate surface area is 127 Å². The van der Waals surface area contributed by atoms with E-state index in [2.05, 4.69) is 0 Å². The maximum Gasteiger partial charge on any atom is 0.416 e. The zero-order chi connectivity index (χ0) is 16.0. The van der Waals surface area contributed by atoms with E-state index in [1.54, 1.807) is 7.11 Å². The van der Waals surface area contributed by atoms with Gasteiger partial charge in [-0.25, -0.2) is 0 Å². The predicted octanol–water partition coefficient (Wildman–Crippen LogP) is 4.46. The highest BCUT2D eigenvalue weighted by Crippen LogP contribution is 2.32. The van der Waals surface area contributed by atoms with Gasteiger partial charge in [0, 0.05) is 7.11 Å². The number of hydrogen-bond donors (Lipinski definition) is 0. The van der Waals surface area contributed by atoms with E-state index < -0.39 is 17.8 Å². The van der Waals surface area contributed by atoms with Gasteiger partial charge in [-0.15, -0.1) is 0 Å². The summed E-state index contributed by atoms with van der Waals surface area (Å²) in [5.74, 6) is 0. The van der Waals surface area contributed by atoms with Gasteiger partial charge in [0.05, 0.1) is 18.8 Å². The van der Waals surface area contributed by atoms with E-state index in [0.717, 1.165) is 17.7 Å². The maximum atomic E-state index is 12.6. The first kappa shape index (κ1) is 16.5. The molecule has 0 aromatic heterocycles. The van der Waals surface area contributed by atoms with Crippen LogP contribution in [-0.4, -0.2) is 20.3 Å². The van der Waals surface area contributed by atoms with Crippen LogP contribution in [0.15, 0.2) is 54.6 Å². The third kappa shape index (κ3) is 4.32. The van der Waals surface area contributed by atoms with E-state index >= 15 is 0 Å². The largest absolute Gasteiger partial charge is 0.416 e. The number of halogens is 3. The Morgan fingerprint density at radius 2 is 1.45 bits per heavy atom. The lowest BCUT2D eigenvalue weighted by Gasteiger charge is -2.19. The molecule has 0 aliphatic heterocycles. The van der Waals surface area contributed by atoms with Crippen LogP contribution in [0, 0.1) is 0 Å². The van der Waals surface area contributed by atoms with Crippen molar-refractivity contribution in [3.05, 3.63) is 71.3 Å². The number of hydrogen-bond acceptors (Lipinski definition) is 2. The molecule has 0 N–H and O–H groups in total. The fourth-order valence-corrected chi connectivity index (χ4v) is 2.11. The predicted molar refractivity (Wildman–Crippen MR) is 77.6 cm³/mol. The van der Waals surface area contributed by atoms with Crippen molar-refractivity contribution in [2.24, 2.45) is 0 Å². The molecule has 2 nitrogen and oxygen atoms in total. The standard InChI is InChI=1S/C17H17F3O2/c1-21-11-12-22-16(13-5-3-2-4-6-13)14-7-9-15(10-8-14)17(18,19)20/h2-10,16H,11-12H2,1H3/t16-/m0/s1. The second kappa shape index (κ2) is 7.42. The van der Waals surface area contributed by atoms with E-state index in [4.69, 9.17) is 9.47 Å². The Morgan fingerprint density at radius 3 is 2.00 bits per heavy atom. The lowest BCUT2D eigenvalue weighted by atomic mass is 10.00. The highest BCUT2D eigenvalue weighted by molar-refractivity contribution is 5.33. The molecule has 0 aliphatic rings. The van der Waals surface area contributed by atoms with Crippen LogP contribution in [0.3, 0.4) is 0 Å². The van der Waals surface area contributed by atoms with E-state index in [0.29, 0.717) is 18.8 Å². The summed E-state index contributed by atoms with van der Waals surface area (Å²) in [7, 11) is 1.57. The summed E-state index contributed by atoms with van der Waals surface area (Å²) in [6, 6.07) is 14.4. The Hall–Kier alpha value is -1.85. The Kier molecular flexibility index (Phi) is 5.57. The molecule has 0 heterocycles. The van der Waals surface area contributed by atoms with Crippen molar-refractivity contribution in [2.75, 3.05) is 20.3 Å². The molecule has 1 atom stereocenters. The molecule has 2 aromatic carbocycles. The van der Waals surface area contributed by atoms with Crippen LogP contribution in [-0.2, 0) is 15.7 Å². The van der Waals surface area contributed by atoms with Gasteiger partial charge in [-0.05, 0) is 23.3 Å². The average molecular weight is 310 g/mol. The van der Waals surface area contributed by atoms with Gasteiger partial charge >= 0.3 is 6.18 Å². The van der Waals surface area contributed by atoms with E-state index in [1.807, 2.05) is 30.3 Å². The summed E-state index contributed by atoms with van der Waals surface area (Å²) in [5.41, 5.74) is 0.897. The molecule has 0 saturated carbocycles. The molecule has 22 heavy (non-hydrogen) atoms. The lowest BCUT2D eigenvalue weighted by Crippen LogP contribution is -2.11. The zero-order valence-corrected chi connectivity index (χ0v) is 12.1. The minimum Gasteiger partial charge on any atom is -0.382 e. The molecule has 0 spiro atoms. The molecule has 0 bridgehead atoms. The summed E-state index contributed by atoms with van der Waals surface area (Å²) in [5, 5.41) is 0. The quantitative estimate of drug-likeness (QED) is 0.734. The molecular formula is C17H17F3O2. The van der Waals surface area contributed by atoms with Crippen LogP contribution < -0.4 is 0 Å². The highest BCUT2D eigenvalue weighted by atomic mass is 19.4. The van der Waals surface area contributed by atoms with Crippen molar-refractivity contribution in [3.8, 4) is 0 Å². The second-order valence-electron chi connectivity index (χ2n) is 4.77. The fraction of sp³-hybridized carbons (Fsp3) is 0.294. The summed E-state index contributed by atoms with van der Waals surface area (Å²) in [6.45, 7) is 0.779. The Bertz CT molecular complexity index is 565. The Morgan fingerprint density at radius 1 is 0.864 bits per heavy atom. The van der Waals surface area contributed by atoms with Gasteiger partial charge in [0.2, 0.25) is 0 Å². The summed E-state index contributed by atoms with van der Waals surface area (Å²) >= 11 is 0. The maximum absolute atomic E-state index is 12.6. The van der Waals surface area contributed by atoms with Crippen molar-refractivity contribution in [3.63, 3.8) is 0 Å². The van der Waals surface area contributed by atoms with Gasteiger partial charge in [0.25, 0.3) is 0 Å². The van der Waals surface area contributed by atoms with Crippen LogP contribution in [0.5, 0.6) is 0 Å². The number of alkyl halides is 3. The third-order valence-electron chi connectivity index (χ3n) is 3.22. The highest BCUT2D eigenvalue weighted by Gasteiger charge is 2.30. The van der Waals surface area contributed by atoms with Gasteiger partial charge in [0.1, 0.15) is 6.10 Å². The fourth-order valence-electron chi connectivity index (χ4n) is 2.11. The zero-order valence-electron chi connectivity index (χ0n) is 12.1. The van der Waals surface area contributed by atoms with Gasteiger partial charge in [-0.3, -0.25) is 0 Å². The average Bonchev–Trinajstić information content (AvgIpc) is 2.52. The van der Waals surface area contributed by atoms with Gasteiger partial charge in [0.15, 0.2) is 0 Å². The molecule has 2 aromatic rings. The number of rotatable bonds is 6. The van der Waals surface area contributed by atoms with Crippen LogP contribution >= 0.6 is 0 Å². The molecule has 0 amide bonds. The number of ether oxygens (including phenoxy) is 2. The monoisotopic (exact) mass is 310 g/mol. The molecule has 0 saturated heterocycles. The number of benzene rings is 2. The van der Waals surface area contributed by atoms with Crippen molar-refractivity contribution in [2.45, 2.75) is 12.3 Å². The van der Waals surface area contributed by atoms with E-state index in [1.165, 1.54) is 12.1 Å². The van der Waals surface area contributed by atoms with Crippen LogP contribution in [0.1, 0.15) is 22.8 Å². The van der Waals surface area contributed by atoms with Crippen LogP contribution in [0.25, 0.3) is 0 Å². The summed E-state index contributed by atoms with van der Waals surface area (Å²) < 4.78 is 48.7.